The number of rotatable bonds is 7. The van der Waals surface area contributed by atoms with Crippen LogP contribution in [0.2, 0.25) is 0 Å². The lowest BCUT2D eigenvalue weighted by Gasteiger charge is -2.04. The van der Waals surface area contributed by atoms with Gasteiger partial charge in [-0.25, -0.2) is 9.97 Å². The molecule has 0 aliphatic heterocycles. The summed E-state index contributed by atoms with van der Waals surface area (Å²) in [6.45, 7) is 2.92. The zero-order valence-electron chi connectivity index (χ0n) is 10.1. The van der Waals surface area contributed by atoms with Crippen LogP contribution in [0.25, 0.3) is 11.2 Å². The normalized spacial score (nSPS) is 10.9. The Bertz CT molecular complexity index is 454. The molecule has 5 nitrogen and oxygen atoms in total. The molecule has 0 aromatic carbocycles. The second-order valence-corrected chi connectivity index (χ2v) is 4.04. The van der Waals surface area contributed by atoms with Crippen LogP contribution in [0.1, 0.15) is 39.0 Å². The number of hydrogen-bond acceptors (Lipinski definition) is 4. The van der Waals surface area contributed by atoms with Crippen molar-refractivity contribution in [3.05, 3.63) is 12.7 Å². The van der Waals surface area contributed by atoms with Crippen LogP contribution in [-0.4, -0.2) is 26.5 Å². The van der Waals surface area contributed by atoms with Crippen LogP contribution in [0, 0.1) is 0 Å². The van der Waals surface area contributed by atoms with E-state index in [0.717, 1.165) is 11.9 Å². The number of hydrogen-bond donors (Lipinski definition) is 1. The molecular formula is C12H18N4O. The number of fused-ring (bicyclic) bond motifs is 1. The number of imidazole rings is 1. The molecule has 17 heavy (non-hydrogen) atoms. The van der Waals surface area contributed by atoms with E-state index in [9.17, 15) is 0 Å². The van der Waals surface area contributed by atoms with Crippen molar-refractivity contribution < 1.29 is 4.74 Å². The number of unbranched alkanes of at least 4 members (excludes halogenated alkanes) is 4. The van der Waals surface area contributed by atoms with Crippen LogP contribution in [-0.2, 0) is 0 Å². The number of nitrogens with one attached hydrogen (secondary N) is 1. The van der Waals surface area contributed by atoms with E-state index < -0.39 is 0 Å². The SMILES string of the molecule is CCCCCCCOc1ncnc2nc[nH]c12. The van der Waals surface area contributed by atoms with Crippen molar-refractivity contribution in [3.63, 3.8) is 0 Å². The fourth-order valence-electron chi connectivity index (χ4n) is 1.73. The Balaban J connectivity index is 1.80. The van der Waals surface area contributed by atoms with Gasteiger partial charge in [0.15, 0.2) is 5.65 Å². The van der Waals surface area contributed by atoms with Crippen molar-refractivity contribution >= 4 is 11.2 Å². The lowest BCUT2D eigenvalue weighted by Crippen LogP contribution is -2.00. The van der Waals surface area contributed by atoms with Gasteiger partial charge < -0.3 is 9.72 Å². The molecule has 2 heterocycles. The van der Waals surface area contributed by atoms with Gasteiger partial charge >= 0.3 is 0 Å². The number of H-pyrrole nitrogens is 1. The predicted molar refractivity (Wildman–Crippen MR) is 65.9 cm³/mol. The second-order valence-electron chi connectivity index (χ2n) is 4.04. The molecule has 2 rings (SSSR count). The summed E-state index contributed by atoms with van der Waals surface area (Å²) in [5.74, 6) is 0.600. The van der Waals surface area contributed by atoms with Crippen LogP contribution in [0.4, 0.5) is 0 Å². The molecule has 0 radical (unpaired) electrons. The third-order valence-corrected chi connectivity index (χ3v) is 2.67. The summed E-state index contributed by atoms with van der Waals surface area (Å²) in [7, 11) is 0. The van der Waals surface area contributed by atoms with E-state index in [0.29, 0.717) is 18.1 Å². The highest BCUT2D eigenvalue weighted by Gasteiger charge is 2.05. The van der Waals surface area contributed by atoms with Crippen molar-refractivity contribution in [2.45, 2.75) is 39.0 Å². The average Bonchev–Trinajstić information content (AvgIpc) is 2.82. The summed E-state index contributed by atoms with van der Waals surface area (Å²) < 4.78 is 5.64. The number of aromatic nitrogens is 4. The Morgan fingerprint density at radius 3 is 2.88 bits per heavy atom. The molecule has 1 N–H and O–H groups in total. The zero-order chi connectivity index (χ0) is 11.9. The maximum Gasteiger partial charge on any atom is 0.243 e. The molecule has 2 aromatic heterocycles. The highest BCUT2D eigenvalue weighted by molar-refractivity contribution is 5.74. The van der Waals surface area contributed by atoms with Crippen LogP contribution in [0.15, 0.2) is 12.7 Å². The van der Waals surface area contributed by atoms with Gasteiger partial charge in [0.05, 0.1) is 12.9 Å². The minimum atomic E-state index is 0.600. The van der Waals surface area contributed by atoms with Crippen molar-refractivity contribution in [3.8, 4) is 5.88 Å². The third-order valence-electron chi connectivity index (χ3n) is 2.67. The molecule has 0 bridgehead atoms. The van der Waals surface area contributed by atoms with Gasteiger partial charge in [0.25, 0.3) is 0 Å². The summed E-state index contributed by atoms with van der Waals surface area (Å²) in [5.41, 5.74) is 1.43. The van der Waals surface area contributed by atoms with Crippen LogP contribution in [0.5, 0.6) is 5.88 Å². The molecule has 0 unspecified atom stereocenters. The summed E-state index contributed by atoms with van der Waals surface area (Å²) in [6.07, 6.45) is 9.22. The lowest BCUT2D eigenvalue weighted by atomic mass is 10.2. The molecule has 0 spiro atoms. The molecule has 0 saturated carbocycles. The van der Waals surface area contributed by atoms with Crippen LogP contribution >= 0.6 is 0 Å². The molecule has 0 fully saturated rings. The Hall–Kier alpha value is -1.65. The summed E-state index contributed by atoms with van der Waals surface area (Å²) in [4.78, 5) is 15.2. The monoisotopic (exact) mass is 234 g/mol. The molecule has 0 aliphatic carbocycles. The first kappa shape index (κ1) is 11.8. The van der Waals surface area contributed by atoms with Gasteiger partial charge in [-0.15, -0.1) is 0 Å². The van der Waals surface area contributed by atoms with Crippen molar-refractivity contribution in [1.82, 2.24) is 19.9 Å². The van der Waals surface area contributed by atoms with Crippen LogP contribution < -0.4 is 4.74 Å². The van der Waals surface area contributed by atoms with Gasteiger partial charge in [-0.05, 0) is 6.42 Å². The topological polar surface area (TPSA) is 63.7 Å². The molecule has 5 heteroatoms. The Morgan fingerprint density at radius 1 is 1.12 bits per heavy atom. The van der Waals surface area contributed by atoms with Crippen molar-refractivity contribution in [2.24, 2.45) is 0 Å². The first-order valence-electron chi connectivity index (χ1n) is 6.18. The molecule has 0 amide bonds. The summed E-state index contributed by atoms with van der Waals surface area (Å²) in [6, 6.07) is 0. The molecule has 0 saturated heterocycles. The molecular weight excluding hydrogens is 216 g/mol. The Morgan fingerprint density at radius 2 is 2.00 bits per heavy atom. The van der Waals surface area contributed by atoms with E-state index in [1.807, 2.05) is 0 Å². The first-order chi connectivity index (χ1) is 8.42. The molecule has 0 aliphatic rings. The second kappa shape index (κ2) is 6.18. The maximum absolute atomic E-state index is 5.64. The zero-order valence-corrected chi connectivity index (χ0v) is 10.1. The fourth-order valence-corrected chi connectivity index (χ4v) is 1.73. The van der Waals surface area contributed by atoms with Gasteiger partial charge in [-0.2, -0.15) is 4.98 Å². The lowest BCUT2D eigenvalue weighted by molar-refractivity contribution is 0.296. The highest BCUT2D eigenvalue weighted by Crippen LogP contribution is 2.17. The van der Waals surface area contributed by atoms with E-state index in [2.05, 4.69) is 26.9 Å². The number of aromatic amines is 1. The summed E-state index contributed by atoms with van der Waals surface area (Å²) >= 11 is 0. The Labute approximate surface area is 101 Å². The quantitative estimate of drug-likeness (QED) is 0.748. The average molecular weight is 234 g/mol. The van der Waals surface area contributed by atoms with Crippen molar-refractivity contribution in [1.29, 1.82) is 0 Å². The first-order valence-corrected chi connectivity index (χ1v) is 6.18. The van der Waals surface area contributed by atoms with E-state index in [1.54, 1.807) is 6.33 Å². The van der Waals surface area contributed by atoms with Gasteiger partial charge in [-0.3, -0.25) is 0 Å². The standard InChI is InChI=1S/C12H18N4O/c1-2-3-4-5-6-7-17-12-10-11(14-8-13-10)15-9-16-12/h8-9H,2-7H2,1H3,(H,13,14,15,16). The maximum atomic E-state index is 5.64. The number of nitrogens with zero attached hydrogens (tertiary/aromatic N) is 3. The molecule has 92 valence electrons. The van der Waals surface area contributed by atoms with Gasteiger partial charge in [0.2, 0.25) is 5.88 Å². The molecule has 2 aromatic rings. The van der Waals surface area contributed by atoms with Gasteiger partial charge in [0, 0.05) is 0 Å². The van der Waals surface area contributed by atoms with Gasteiger partial charge in [0.1, 0.15) is 11.8 Å². The predicted octanol–water partition coefficient (Wildman–Crippen LogP) is 2.70. The minimum Gasteiger partial charge on any atom is -0.476 e. The van der Waals surface area contributed by atoms with E-state index in [-0.39, 0.29) is 0 Å². The van der Waals surface area contributed by atoms with E-state index in [4.69, 9.17) is 4.74 Å². The summed E-state index contributed by atoms with van der Waals surface area (Å²) in [5, 5.41) is 0. The van der Waals surface area contributed by atoms with Gasteiger partial charge in [-0.1, -0.05) is 32.6 Å². The largest absolute Gasteiger partial charge is 0.476 e. The van der Waals surface area contributed by atoms with Crippen molar-refractivity contribution in [2.75, 3.05) is 6.61 Å². The highest BCUT2D eigenvalue weighted by atomic mass is 16.5. The third kappa shape index (κ3) is 3.15. The van der Waals surface area contributed by atoms with E-state index in [1.165, 1.54) is 32.0 Å². The smallest absolute Gasteiger partial charge is 0.243 e. The van der Waals surface area contributed by atoms with E-state index >= 15 is 0 Å². The number of ether oxygens (including phenoxy) is 1. The fraction of sp³-hybridized carbons (Fsp3) is 0.583. The Kier molecular flexibility index (Phi) is 4.30. The molecule has 0 atom stereocenters. The minimum absolute atomic E-state index is 0.600. The van der Waals surface area contributed by atoms with Crippen LogP contribution in [0.3, 0.4) is 0 Å².